The number of thiophene rings is 1. The van der Waals surface area contributed by atoms with Crippen LogP contribution in [0.3, 0.4) is 0 Å². The van der Waals surface area contributed by atoms with Gasteiger partial charge in [-0.1, -0.05) is 6.92 Å². The summed E-state index contributed by atoms with van der Waals surface area (Å²) >= 11 is 1.85. The van der Waals surface area contributed by atoms with Crippen LogP contribution in [-0.2, 0) is 0 Å². The number of hydrogen-bond donors (Lipinski definition) is 1. The van der Waals surface area contributed by atoms with Crippen molar-refractivity contribution < 1.29 is 4.42 Å². The molecule has 2 heterocycles. The lowest BCUT2D eigenvalue weighted by Gasteiger charge is -2.16. The van der Waals surface area contributed by atoms with E-state index in [4.69, 9.17) is 4.42 Å². The minimum Gasteiger partial charge on any atom is -0.466 e. The molecule has 1 unspecified atom stereocenters. The Bertz CT molecular complexity index is 512. The maximum atomic E-state index is 5.67. The smallest absolute Gasteiger partial charge is 0.106 e. The normalized spacial score (nSPS) is 12.9. The van der Waals surface area contributed by atoms with Gasteiger partial charge in [-0.05, 0) is 51.9 Å². The second kappa shape index (κ2) is 5.72. The van der Waals surface area contributed by atoms with E-state index in [1.807, 2.05) is 25.2 Å². The molecule has 0 aromatic carbocycles. The van der Waals surface area contributed by atoms with Gasteiger partial charge in [-0.15, -0.1) is 11.3 Å². The summed E-state index contributed by atoms with van der Waals surface area (Å²) in [6.45, 7) is 9.41. The topological polar surface area (TPSA) is 25.2 Å². The molecule has 0 fully saturated rings. The Morgan fingerprint density at radius 1 is 1.28 bits per heavy atom. The summed E-state index contributed by atoms with van der Waals surface area (Å²) in [5.41, 5.74) is 1.27. The van der Waals surface area contributed by atoms with Crippen molar-refractivity contribution in [1.82, 2.24) is 5.32 Å². The summed E-state index contributed by atoms with van der Waals surface area (Å²) in [6.07, 6.45) is 1.14. The highest BCUT2D eigenvalue weighted by Crippen LogP contribution is 2.31. The Morgan fingerprint density at radius 3 is 2.56 bits per heavy atom. The molecule has 2 aromatic heterocycles. The Balaban J connectivity index is 2.33. The van der Waals surface area contributed by atoms with Crippen molar-refractivity contribution in [2.75, 3.05) is 6.54 Å². The quantitative estimate of drug-likeness (QED) is 0.867. The van der Waals surface area contributed by atoms with Crippen molar-refractivity contribution in [3.05, 3.63) is 45.0 Å². The van der Waals surface area contributed by atoms with E-state index in [0.29, 0.717) is 0 Å². The van der Waals surface area contributed by atoms with E-state index in [1.54, 1.807) is 0 Å². The lowest BCUT2D eigenvalue weighted by molar-refractivity contribution is 0.494. The fourth-order valence-corrected chi connectivity index (χ4v) is 3.17. The molecule has 0 saturated carbocycles. The van der Waals surface area contributed by atoms with Gasteiger partial charge in [0.1, 0.15) is 11.5 Å². The van der Waals surface area contributed by atoms with E-state index in [1.165, 1.54) is 15.3 Å². The zero-order valence-electron chi connectivity index (χ0n) is 11.5. The minimum atomic E-state index is 0.265. The van der Waals surface area contributed by atoms with E-state index in [2.05, 4.69) is 37.4 Å². The minimum absolute atomic E-state index is 0.265. The molecule has 0 aliphatic carbocycles. The first-order valence-corrected chi connectivity index (χ1v) is 7.30. The van der Waals surface area contributed by atoms with Crippen molar-refractivity contribution in [3.8, 4) is 0 Å². The predicted octanol–water partition coefficient (Wildman–Crippen LogP) is 4.36. The van der Waals surface area contributed by atoms with Gasteiger partial charge >= 0.3 is 0 Å². The summed E-state index contributed by atoms with van der Waals surface area (Å²) in [5.74, 6) is 2.01. The third-order valence-electron chi connectivity index (χ3n) is 3.03. The highest BCUT2D eigenvalue weighted by Gasteiger charge is 2.19. The van der Waals surface area contributed by atoms with Crippen molar-refractivity contribution in [2.45, 2.75) is 40.2 Å². The van der Waals surface area contributed by atoms with Crippen molar-refractivity contribution in [1.29, 1.82) is 0 Å². The number of furan rings is 1. The highest BCUT2D eigenvalue weighted by molar-refractivity contribution is 7.12. The Morgan fingerprint density at radius 2 is 2.06 bits per heavy atom. The molecular formula is C15H21NOS. The molecule has 0 bridgehead atoms. The van der Waals surface area contributed by atoms with Crippen LogP contribution in [0.25, 0.3) is 0 Å². The molecule has 0 radical (unpaired) electrons. The number of rotatable bonds is 5. The molecule has 0 spiro atoms. The van der Waals surface area contributed by atoms with Gasteiger partial charge in [0.15, 0.2) is 0 Å². The zero-order chi connectivity index (χ0) is 13.1. The molecule has 0 aliphatic heterocycles. The number of nitrogens with one attached hydrogen (secondary N) is 1. The average Bonchev–Trinajstić information content (AvgIpc) is 2.87. The third kappa shape index (κ3) is 2.85. The van der Waals surface area contributed by atoms with Crippen LogP contribution in [0, 0.1) is 20.8 Å². The average molecular weight is 263 g/mol. The maximum absolute atomic E-state index is 5.67. The standard InChI is InChI=1S/C15H21NOS/c1-5-8-16-15(14-7-6-11(3)18-14)13-9-10(2)17-12(13)4/h6-7,9,15-16H,5,8H2,1-4H3. The SMILES string of the molecule is CCCNC(c1ccc(C)s1)c1cc(C)oc1C. The van der Waals surface area contributed by atoms with Crippen LogP contribution in [0.5, 0.6) is 0 Å². The first kappa shape index (κ1) is 13.4. The molecule has 2 rings (SSSR count). The highest BCUT2D eigenvalue weighted by atomic mass is 32.1. The lowest BCUT2D eigenvalue weighted by Crippen LogP contribution is -2.22. The molecule has 18 heavy (non-hydrogen) atoms. The summed E-state index contributed by atoms with van der Waals surface area (Å²) in [5, 5.41) is 3.62. The number of hydrogen-bond acceptors (Lipinski definition) is 3. The van der Waals surface area contributed by atoms with Crippen LogP contribution in [0.4, 0.5) is 0 Å². The Hall–Kier alpha value is -1.06. The molecule has 2 aromatic rings. The first-order valence-electron chi connectivity index (χ1n) is 6.48. The fourth-order valence-electron chi connectivity index (χ4n) is 2.20. The zero-order valence-corrected chi connectivity index (χ0v) is 12.4. The van der Waals surface area contributed by atoms with Crippen molar-refractivity contribution >= 4 is 11.3 Å². The fraction of sp³-hybridized carbons (Fsp3) is 0.467. The van der Waals surface area contributed by atoms with E-state index < -0.39 is 0 Å². The largest absolute Gasteiger partial charge is 0.466 e. The Labute approximate surface area is 113 Å². The van der Waals surface area contributed by atoms with E-state index in [9.17, 15) is 0 Å². The second-order valence-electron chi connectivity index (χ2n) is 4.70. The van der Waals surface area contributed by atoms with Gasteiger partial charge in [0.2, 0.25) is 0 Å². The predicted molar refractivity (Wildman–Crippen MR) is 77.4 cm³/mol. The van der Waals surface area contributed by atoms with Crippen LogP contribution >= 0.6 is 11.3 Å². The van der Waals surface area contributed by atoms with Gasteiger partial charge in [0.05, 0.1) is 6.04 Å². The van der Waals surface area contributed by atoms with E-state index in [-0.39, 0.29) is 6.04 Å². The molecule has 1 atom stereocenters. The van der Waals surface area contributed by atoms with Gasteiger partial charge in [-0.3, -0.25) is 0 Å². The van der Waals surface area contributed by atoms with Crippen LogP contribution in [0.2, 0.25) is 0 Å². The van der Waals surface area contributed by atoms with Gasteiger partial charge < -0.3 is 9.73 Å². The maximum Gasteiger partial charge on any atom is 0.106 e. The van der Waals surface area contributed by atoms with Crippen LogP contribution in [-0.4, -0.2) is 6.54 Å². The Kier molecular flexibility index (Phi) is 4.25. The van der Waals surface area contributed by atoms with Crippen LogP contribution < -0.4 is 5.32 Å². The van der Waals surface area contributed by atoms with Gasteiger partial charge in [0.25, 0.3) is 0 Å². The monoisotopic (exact) mass is 263 g/mol. The van der Waals surface area contributed by atoms with E-state index >= 15 is 0 Å². The number of aryl methyl sites for hydroxylation is 3. The summed E-state index contributed by atoms with van der Waals surface area (Å²) in [7, 11) is 0. The molecule has 0 aliphatic rings. The van der Waals surface area contributed by atoms with Gasteiger partial charge in [-0.25, -0.2) is 0 Å². The molecule has 0 amide bonds. The van der Waals surface area contributed by atoms with Crippen molar-refractivity contribution in [2.24, 2.45) is 0 Å². The van der Waals surface area contributed by atoms with Crippen LogP contribution in [0.1, 0.15) is 46.2 Å². The summed E-state index contributed by atoms with van der Waals surface area (Å²) < 4.78 is 5.67. The molecule has 0 saturated heterocycles. The third-order valence-corrected chi connectivity index (χ3v) is 4.10. The molecule has 3 heteroatoms. The lowest BCUT2D eigenvalue weighted by atomic mass is 10.1. The van der Waals surface area contributed by atoms with Crippen LogP contribution in [0.15, 0.2) is 22.6 Å². The van der Waals surface area contributed by atoms with Gasteiger partial charge in [0, 0.05) is 15.3 Å². The van der Waals surface area contributed by atoms with E-state index in [0.717, 1.165) is 24.5 Å². The van der Waals surface area contributed by atoms with Crippen molar-refractivity contribution in [3.63, 3.8) is 0 Å². The summed E-state index contributed by atoms with van der Waals surface area (Å²) in [4.78, 5) is 2.72. The summed E-state index contributed by atoms with van der Waals surface area (Å²) in [6, 6.07) is 6.82. The molecule has 98 valence electrons. The first-order chi connectivity index (χ1) is 8.61. The molecular weight excluding hydrogens is 242 g/mol. The second-order valence-corrected chi connectivity index (χ2v) is 6.02. The van der Waals surface area contributed by atoms with Gasteiger partial charge in [-0.2, -0.15) is 0 Å². The molecule has 1 N–H and O–H groups in total. The molecule has 2 nitrogen and oxygen atoms in total.